The lowest BCUT2D eigenvalue weighted by atomic mass is 10.0. The van der Waals surface area contributed by atoms with Crippen molar-refractivity contribution in [3.05, 3.63) is 12.3 Å². The molecule has 3 unspecified atom stereocenters. The summed E-state index contributed by atoms with van der Waals surface area (Å²) in [7, 11) is 0. The van der Waals surface area contributed by atoms with Crippen LogP contribution < -0.4 is 21.7 Å². The largest absolute Gasteiger partial charge is 0.389 e. The van der Waals surface area contributed by atoms with Crippen LogP contribution in [0.15, 0.2) is 12.3 Å². The van der Waals surface area contributed by atoms with Crippen molar-refractivity contribution >= 4 is 23.7 Å². The summed E-state index contributed by atoms with van der Waals surface area (Å²) in [5.74, 6) is 0.810. The first-order valence-corrected chi connectivity index (χ1v) is 9.99. The molecule has 7 heteroatoms. The number of nitrogens with two attached hydrogens (primary N) is 1. The van der Waals surface area contributed by atoms with Crippen molar-refractivity contribution in [1.82, 2.24) is 16.0 Å². The summed E-state index contributed by atoms with van der Waals surface area (Å²) < 4.78 is 0. The minimum atomic E-state index is -0.216. The number of allylic oxidation sites excluding steroid dienone is 1. The van der Waals surface area contributed by atoms with Crippen LogP contribution in [0.4, 0.5) is 4.79 Å². The molecule has 3 amide bonds. The Labute approximate surface area is 148 Å². The molecule has 2 aliphatic heterocycles. The minimum Gasteiger partial charge on any atom is -0.389 e. The van der Waals surface area contributed by atoms with Gasteiger partial charge >= 0.3 is 6.03 Å². The van der Waals surface area contributed by atoms with Crippen LogP contribution in [0.3, 0.4) is 0 Å². The molecule has 2 fully saturated rings. The third-order valence-electron chi connectivity index (χ3n) is 4.63. The maximum atomic E-state index is 11.3. The standard InChI is InChI=1S/C17H30N4O2S/c1-12(19-10-6-2-3-9-15(18)22)7-4-5-8-14-16-13(11-24-14)20-17(23)21-16/h13-14,16,19H,1-11H2,(H2,18,22)(H2,20,21,23). The topological polar surface area (TPSA) is 96.2 Å². The molecule has 0 aliphatic carbocycles. The van der Waals surface area contributed by atoms with Gasteiger partial charge in [-0.25, -0.2) is 4.79 Å². The Hall–Kier alpha value is -1.37. The predicted octanol–water partition coefficient (Wildman–Crippen LogP) is 1.86. The highest BCUT2D eigenvalue weighted by molar-refractivity contribution is 8.00. The number of unbranched alkanes of at least 4 members (excludes halogenated alkanes) is 3. The first-order chi connectivity index (χ1) is 11.6. The number of rotatable bonds is 12. The highest BCUT2D eigenvalue weighted by atomic mass is 32.2. The number of hydrogen-bond acceptors (Lipinski definition) is 4. The first kappa shape index (κ1) is 19.0. The molecule has 2 rings (SSSR count). The maximum Gasteiger partial charge on any atom is 0.315 e. The summed E-state index contributed by atoms with van der Waals surface area (Å²) in [5.41, 5.74) is 6.20. The average Bonchev–Trinajstić information content (AvgIpc) is 3.06. The van der Waals surface area contributed by atoms with Crippen LogP contribution >= 0.6 is 11.8 Å². The summed E-state index contributed by atoms with van der Waals surface area (Å²) in [4.78, 5) is 22.0. The molecular formula is C17H30N4O2S. The molecule has 2 aliphatic rings. The number of primary amides is 1. The van der Waals surface area contributed by atoms with Gasteiger partial charge in [-0.1, -0.05) is 19.4 Å². The Morgan fingerprint density at radius 2 is 2.00 bits per heavy atom. The van der Waals surface area contributed by atoms with Crippen molar-refractivity contribution in [2.75, 3.05) is 12.3 Å². The van der Waals surface area contributed by atoms with Gasteiger partial charge in [0.25, 0.3) is 0 Å². The van der Waals surface area contributed by atoms with E-state index in [1.165, 1.54) is 0 Å². The fourth-order valence-corrected chi connectivity index (χ4v) is 4.83. The Morgan fingerprint density at radius 1 is 1.21 bits per heavy atom. The Balaban J connectivity index is 1.45. The van der Waals surface area contributed by atoms with E-state index in [4.69, 9.17) is 5.73 Å². The van der Waals surface area contributed by atoms with Gasteiger partial charge in [0.1, 0.15) is 0 Å². The molecule has 0 radical (unpaired) electrons. The van der Waals surface area contributed by atoms with Crippen LogP contribution in [0.5, 0.6) is 0 Å². The van der Waals surface area contributed by atoms with Crippen molar-refractivity contribution in [3.8, 4) is 0 Å². The maximum absolute atomic E-state index is 11.3. The monoisotopic (exact) mass is 354 g/mol. The SMILES string of the molecule is C=C(CCCCC1SCC2NC(=O)NC21)NCCCCCC(N)=O. The van der Waals surface area contributed by atoms with E-state index < -0.39 is 0 Å². The molecule has 0 aromatic carbocycles. The van der Waals surface area contributed by atoms with Gasteiger partial charge in [-0.15, -0.1) is 0 Å². The van der Waals surface area contributed by atoms with E-state index in [1.807, 2.05) is 11.8 Å². The number of nitrogens with one attached hydrogen (secondary N) is 3. The molecule has 0 spiro atoms. The number of amides is 3. The zero-order valence-corrected chi connectivity index (χ0v) is 15.1. The van der Waals surface area contributed by atoms with Crippen LogP contribution in [0.25, 0.3) is 0 Å². The highest BCUT2D eigenvalue weighted by Crippen LogP contribution is 2.33. The van der Waals surface area contributed by atoms with E-state index in [9.17, 15) is 9.59 Å². The molecule has 24 heavy (non-hydrogen) atoms. The van der Waals surface area contributed by atoms with Crippen LogP contribution in [-0.4, -0.2) is 41.6 Å². The van der Waals surface area contributed by atoms with Crippen LogP contribution in [-0.2, 0) is 4.79 Å². The fourth-order valence-electron chi connectivity index (χ4n) is 3.28. The van der Waals surface area contributed by atoms with Gasteiger partial charge in [-0.05, 0) is 32.1 Å². The first-order valence-electron chi connectivity index (χ1n) is 8.95. The molecule has 2 heterocycles. The van der Waals surface area contributed by atoms with Crippen LogP contribution in [0.2, 0.25) is 0 Å². The van der Waals surface area contributed by atoms with Gasteiger partial charge < -0.3 is 21.7 Å². The lowest BCUT2D eigenvalue weighted by Crippen LogP contribution is -2.36. The fraction of sp³-hybridized carbons (Fsp3) is 0.765. The Kier molecular flexibility index (Phi) is 7.75. The van der Waals surface area contributed by atoms with Crippen molar-refractivity contribution < 1.29 is 9.59 Å². The van der Waals surface area contributed by atoms with E-state index in [2.05, 4.69) is 22.5 Å². The normalized spacial score (nSPS) is 25.0. The summed E-state index contributed by atoms with van der Waals surface area (Å²) in [6.07, 6.45) is 7.85. The zero-order valence-electron chi connectivity index (χ0n) is 14.3. The highest BCUT2D eigenvalue weighted by Gasteiger charge is 2.42. The van der Waals surface area contributed by atoms with Gasteiger partial charge in [0.2, 0.25) is 5.91 Å². The van der Waals surface area contributed by atoms with Crippen molar-refractivity contribution in [1.29, 1.82) is 0 Å². The quantitative estimate of drug-likeness (QED) is 0.318. The number of carbonyl (C=O) groups excluding carboxylic acids is 2. The molecular weight excluding hydrogens is 324 g/mol. The third-order valence-corrected chi connectivity index (χ3v) is 6.14. The second-order valence-corrected chi connectivity index (χ2v) is 7.95. The van der Waals surface area contributed by atoms with E-state index in [1.54, 1.807) is 0 Å². The third kappa shape index (κ3) is 6.26. The van der Waals surface area contributed by atoms with Crippen molar-refractivity contribution in [2.45, 2.75) is 68.7 Å². The molecule has 2 saturated heterocycles. The molecule has 0 aromatic rings. The summed E-state index contributed by atoms with van der Waals surface area (Å²) >= 11 is 1.97. The number of hydrogen-bond donors (Lipinski definition) is 4. The molecule has 3 atom stereocenters. The van der Waals surface area contributed by atoms with Gasteiger partial charge in [0, 0.05) is 29.7 Å². The Morgan fingerprint density at radius 3 is 2.79 bits per heavy atom. The molecule has 136 valence electrons. The van der Waals surface area contributed by atoms with Gasteiger partial charge in [0.05, 0.1) is 12.1 Å². The van der Waals surface area contributed by atoms with E-state index in [0.717, 1.165) is 62.9 Å². The number of thioether (sulfide) groups is 1. The van der Waals surface area contributed by atoms with Crippen molar-refractivity contribution in [2.24, 2.45) is 5.73 Å². The second kappa shape index (κ2) is 9.81. The Bertz CT molecular complexity index is 458. The van der Waals surface area contributed by atoms with Gasteiger partial charge in [-0.3, -0.25) is 4.79 Å². The van der Waals surface area contributed by atoms with Crippen LogP contribution in [0, 0.1) is 0 Å². The molecule has 6 nitrogen and oxygen atoms in total. The molecule has 0 bridgehead atoms. The van der Waals surface area contributed by atoms with Gasteiger partial charge in [-0.2, -0.15) is 11.8 Å². The molecule has 5 N–H and O–H groups in total. The minimum absolute atomic E-state index is 0.0105. The second-order valence-electron chi connectivity index (χ2n) is 6.67. The van der Waals surface area contributed by atoms with E-state index >= 15 is 0 Å². The zero-order chi connectivity index (χ0) is 17.4. The summed E-state index contributed by atoms with van der Waals surface area (Å²) in [6.45, 7) is 4.99. The number of fused-ring (bicyclic) bond motifs is 1. The number of carbonyl (C=O) groups is 2. The molecule has 0 aromatic heterocycles. The van der Waals surface area contributed by atoms with E-state index in [0.29, 0.717) is 23.8 Å². The van der Waals surface area contributed by atoms with E-state index in [-0.39, 0.29) is 11.9 Å². The predicted molar refractivity (Wildman–Crippen MR) is 98.8 cm³/mol. The van der Waals surface area contributed by atoms with Crippen molar-refractivity contribution in [3.63, 3.8) is 0 Å². The van der Waals surface area contributed by atoms with Crippen LogP contribution in [0.1, 0.15) is 51.4 Å². The average molecular weight is 355 g/mol. The van der Waals surface area contributed by atoms with Gasteiger partial charge in [0.15, 0.2) is 0 Å². The summed E-state index contributed by atoms with van der Waals surface area (Å²) in [6, 6.07) is 0.617. The number of urea groups is 1. The summed E-state index contributed by atoms with van der Waals surface area (Å²) in [5, 5.41) is 9.92. The lowest BCUT2D eigenvalue weighted by Gasteiger charge is -2.16. The smallest absolute Gasteiger partial charge is 0.315 e. The lowest BCUT2D eigenvalue weighted by molar-refractivity contribution is -0.118. The molecule has 0 saturated carbocycles.